The van der Waals surface area contributed by atoms with Crippen LogP contribution in [0.4, 0.5) is 10.2 Å². The number of nitrogens with two attached hydrogens (primary N) is 1. The molecule has 1 aliphatic carbocycles. The number of benzene rings is 4. The summed E-state index contributed by atoms with van der Waals surface area (Å²) in [5.74, 6) is 0.518. The second kappa shape index (κ2) is 23.2. The van der Waals surface area contributed by atoms with Crippen LogP contribution in [-0.2, 0) is 40.4 Å². The van der Waals surface area contributed by atoms with Gasteiger partial charge in [0, 0.05) is 114 Å². The number of pyridine rings is 1. The van der Waals surface area contributed by atoms with Gasteiger partial charge in [0.1, 0.15) is 41.9 Å². The Kier molecular flexibility index (Phi) is 15.3. The fourth-order valence-electron chi connectivity index (χ4n) is 14.0. The Morgan fingerprint density at radius 1 is 0.907 bits per heavy atom. The Morgan fingerprint density at radius 2 is 1.74 bits per heavy atom. The minimum atomic E-state index is -0.777. The third kappa shape index (κ3) is 10.2. The molecular formula is C65H75FN14O6. The van der Waals surface area contributed by atoms with Crippen molar-refractivity contribution in [2.24, 2.45) is 11.7 Å². The first-order valence-corrected chi connectivity index (χ1v) is 30.2. The summed E-state index contributed by atoms with van der Waals surface area (Å²) in [7, 11) is 1.50. The fraction of sp³-hybridized carbons (Fsp3) is 0.446. The molecule has 4 unspecified atom stereocenters. The third-order valence-electron chi connectivity index (χ3n) is 18.3. The first-order chi connectivity index (χ1) is 41.5. The second-order valence-corrected chi connectivity index (χ2v) is 24.1. The molecule has 5 fully saturated rings. The Hall–Kier alpha value is -8.27. The number of fused-ring (bicyclic) bond motifs is 10. The monoisotopic (exact) mass is 1170 g/mol. The summed E-state index contributed by atoms with van der Waals surface area (Å²) in [6.07, 6.45) is 12.8. The van der Waals surface area contributed by atoms with Gasteiger partial charge in [0.15, 0.2) is 11.3 Å². The Bertz CT molecular complexity index is 4140. The maximum absolute atomic E-state index is 16.2. The van der Waals surface area contributed by atoms with E-state index in [1.54, 1.807) is 28.9 Å². The summed E-state index contributed by atoms with van der Waals surface area (Å²) in [6.45, 7) is 10.3. The van der Waals surface area contributed by atoms with E-state index >= 15 is 4.39 Å². The first-order valence-electron chi connectivity index (χ1n) is 30.2. The van der Waals surface area contributed by atoms with E-state index in [4.69, 9.17) is 29.3 Å². The van der Waals surface area contributed by atoms with Gasteiger partial charge in [-0.1, -0.05) is 51.6 Å². The van der Waals surface area contributed by atoms with E-state index in [0.29, 0.717) is 96.8 Å². The lowest BCUT2D eigenvalue weighted by molar-refractivity contribution is -0.142. The number of halogens is 1. The van der Waals surface area contributed by atoms with Crippen molar-refractivity contribution in [2.75, 3.05) is 44.8 Å². The zero-order valence-corrected chi connectivity index (χ0v) is 48.4. The topological polar surface area (TPSA) is 241 Å². The maximum Gasteiger partial charge on any atom is 0.319 e. The molecule has 9 aromatic rings. The smallest absolute Gasteiger partial charge is 0.319 e. The molecule has 15 rings (SSSR count). The SMILES string of the molecule is C.CN.Cc1c(F)cc2[nH]ncc2c1-c1c(C2CC2)cc2c(N3CC4CC3CN4)nc(OC3CCOCC3)nc2c1OCc1ccc2c(c1)[nH]c(=O)c1nn(C(C(=O)N3CCCC3C(=O)NCc3ccc4c(c3)CCCn3nccc3-4)C(C)C)cc12. The van der Waals surface area contributed by atoms with Gasteiger partial charge in [0.2, 0.25) is 11.8 Å². The minimum Gasteiger partial charge on any atom is -0.486 e. The van der Waals surface area contributed by atoms with Crippen molar-refractivity contribution in [3.8, 4) is 34.1 Å². The molecule has 0 spiro atoms. The molecule has 448 valence electrons. The normalized spacial score (nSPS) is 19.6. The van der Waals surface area contributed by atoms with Crippen molar-refractivity contribution in [2.45, 2.75) is 142 Å². The predicted octanol–water partition coefficient (Wildman–Crippen LogP) is 8.90. The van der Waals surface area contributed by atoms with Gasteiger partial charge in [0.05, 0.1) is 30.6 Å². The van der Waals surface area contributed by atoms with E-state index in [2.05, 4.69) is 65.8 Å². The van der Waals surface area contributed by atoms with Gasteiger partial charge in [-0.05, 0) is 123 Å². The molecule has 6 N–H and O–H groups in total. The molecule has 21 heteroatoms. The highest BCUT2D eigenvalue weighted by Gasteiger charge is 2.42. The van der Waals surface area contributed by atoms with Crippen LogP contribution in [0.25, 0.3) is 66.0 Å². The average molecular weight is 1170 g/mol. The van der Waals surface area contributed by atoms with E-state index in [1.807, 2.05) is 49.0 Å². The van der Waals surface area contributed by atoms with E-state index in [9.17, 15) is 14.4 Å². The number of rotatable bonds is 14. The standard InChI is InChI=1S/C63H66FN13O6.CH5N.CH4/c1-33(2)57(62(80)74-18-5-7-52(74)60(78)66-27-35-8-12-42-38(22-35)6-4-19-76-51(42)14-17-68-76)77-31-47-43-13-9-36(23-49(43)69-61(79)56(47)73-77)32-82-58-54(53-34(3)48(64)26-50-46(53)29-67-72-50)44(37-10-11-37)25-45-55(58)70-63(83-41-15-20-81-21-16-41)71-59(45)75-30-39-24-40(75)28-65-39;1-2;/h8-9,12-14,17,22-23,25-26,29,31,33,37,39-41,52,57,65H,4-7,10-11,15-16,18-21,24,27-28,30,32H2,1-3H3,(H,66,78)(H,67,72)(H,69,79);2H2,1H3;1H4. The molecule has 4 atom stereocenters. The number of likely N-dealkylation sites (tertiary alicyclic amines) is 1. The molecule has 1 saturated carbocycles. The number of amides is 2. The maximum atomic E-state index is 16.2. The van der Waals surface area contributed by atoms with Crippen molar-refractivity contribution in [1.29, 1.82) is 0 Å². The number of aromatic amines is 2. The molecule has 5 aromatic heterocycles. The zero-order valence-electron chi connectivity index (χ0n) is 48.4. The van der Waals surface area contributed by atoms with Gasteiger partial charge in [-0.25, -0.2) is 4.39 Å². The predicted molar refractivity (Wildman–Crippen MR) is 329 cm³/mol. The van der Waals surface area contributed by atoms with Gasteiger partial charge >= 0.3 is 6.01 Å². The molecule has 2 bridgehead atoms. The van der Waals surface area contributed by atoms with Crippen LogP contribution < -0.4 is 36.3 Å². The number of aryl methyl sites for hydroxylation is 2. The largest absolute Gasteiger partial charge is 0.486 e. The molecular weight excluding hydrogens is 1090 g/mol. The van der Waals surface area contributed by atoms with E-state index in [1.165, 1.54) is 24.2 Å². The molecule has 10 heterocycles. The number of carbonyl (C=O) groups is 2. The van der Waals surface area contributed by atoms with Crippen LogP contribution in [0.15, 0.2) is 78.0 Å². The number of nitrogens with one attached hydrogen (secondary N) is 4. The lowest BCUT2D eigenvalue weighted by Gasteiger charge is -2.31. The van der Waals surface area contributed by atoms with Gasteiger partial charge in [-0.3, -0.25) is 28.8 Å². The minimum absolute atomic E-state index is 0. The summed E-state index contributed by atoms with van der Waals surface area (Å²) in [6, 6.07) is 17.4. The fourth-order valence-corrected chi connectivity index (χ4v) is 14.0. The summed E-state index contributed by atoms with van der Waals surface area (Å²) in [5, 5.41) is 26.5. The molecule has 4 aromatic carbocycles. The van der Waals surface area contributed by atoms with Crippen LogP contribution in [0.1, 0.15) is 112 Å². The summed E-state index contributed by atoms with van der Waals surface area (Å²) in [5.41, 5.74) is 14.3. The number of hydrogen-bond donors (Lipinski definition) is 5. The lowest BCUT2D eigenvalue weighted by atomic mass is 9.88. The number of nitrogens with zero attached hydrogens (tertiary/aromatic N) is 9. The highest BCUT2D eigenvalue weighted by Crippen LogP contribution is 2.54. The number of carbonyl (C=O) groups excluding carboxylic acids is 2. The van der Waals surface area contributed by atoms with Crippen LogP contribution >= 0.6 is 0 Å². The zero-order chi connectivity index (χ0) is 58.2. The number of piperazine rings is 1. The average Bonchev–Trinajstić information content (AvgIpc) is 2.41. The van der Waals surface area contributed by atoms with Crippen LogP contribution in [0.3, 0.4) is 0 Å². The van der Waals surface area contributed by atoms with Gasteiger partial charge in [-0.2, -0.15) is 25.3 Å². The van der Waals surface area contributed by atoms with Crippen LogP contribution in [0.5, 0.6) is 11.8 Å². The Labute approximate surface area is 497 Å². The summed E-state index contributed by atoms with van der Waals surface area (Å²) in [4.78, 5) is 60.6. The lowest BCUT2D eigenvalue weighted by Crippen LogP contribution is -2.48. The van der Waals surface area contributed by atoms with Crippen LogP contribution in [-0.4, -0.2) is 126 Å². The van der Waals surface area contributed by atoms with Crippen LogP contribution in [0, 0.1) is 18.7 Å². The van der Waals surface area contributed by atoms with Gasteiger partial charge in [-0.15, -0.1) is 0 Å². The third-order valence-corrected chi connectivity index (χ3v) is 18.3. The van der Waals surface area contributed by atoms with Crippen molar-refractivity contribution >= 4 is 61.2 Å². The number of hydrogen-bond acceptors (Lipinski definition) is 14. The molecule has 0 radical (unpaired) electrons. The van der Waals surface area contributed by atoms with E-state index in [0.717, 1.165) is 102 Å². The van der Waals surface area contributed by atoms with E-state index < -0.39 is 17.6 Å². The van der Waals surface area contributed by atoms with Crippen molar-refractivity contribution in [3.63, 3.8) is 0 Å². The van der Waals surface area contributed by atoms with Gasteiger partial charge in [0.25, 0.3) is 5.56 Å². The molecule has 5 aliphatic heterocycles. The quantitative estimate of drug-likeness (QED) is 0.0683. The number of aromatic nitrogens is 9. The molecule has 86 heavy (non-hydrogen) atoms. The molecule has 20 nitrogen and oxygen atoms in total. The van der Waals surface area contributed by atoms with E-state index in [-0.39, 0.29) is 67.2 Å². The van der Waals surface area contributed by atoms with Crippen molar-refractivity contribution < 1.29 is 28.2 Å². The summed E-state index contributed by atoms with van der Waals surface area (Å²) < 4.78 is 39.5. The molecule has 6 aliphatic rings. The number of H-pyrrole nitrogens is 2. The highest BCUT2D eigenvalue weighted by molar-refractivity contribution is 6.07. The Morgan fingerprint density at radius 3 is 2.53 bits per heavy atom. The Balaban J connectivity index is 0.00000226. The van der Waals surface area contributed by atoms with Crippen molar-refractivity contribution in [1.82, 2.24) is 60.2 Å². The van der Waals surface area contributed by atoms with Crippen molar-refractivity contribution in [3.05, 3.63) is 117 Å². The number of ether oxygens (including phenoxy) is 3. The second-order valence-electron chi connectivity index (χ2n) is 24.1. The summed E-state index contributed by atoms with van der Waals surface area (Å²) >= 11 is 0. The molecule has 2 amide bonds. The number of anilines is 1. The first kappa shape index (κ1) is 56.8. The van der Waals surface area contributed by atoms with Gasteiger partial charge < -0.3 is 45.4 Å². The van der Waals surface area contributed by atoms with Crippen LogP contribution in [0.2, 0.25) is 0 Å². The highest BCUT2D eigenvalue weighted by atomic mass is 19.1. The molecule has 4 saturated heterocycles.